The van der Waals surface area contributed by atoms with Crippen LogP contribution in [0.3, 0.4) is 0 Å². The maximum absolute atomic E-state index is 12.4. The Balaban J connectivity index is 1.82. The standard InChI is InChI=1S/C21H17Cl3N2O5S/c1-3-30-17(27)10-31-19-13(23)7-11(8-15(19)29-2)9-16-20(28)26-21(32-16)25-14-6-4-5-12(22)18(14)24/h4-9H,3,10H2,1-2H3,(H,25,26,28)/b16-9+. The Morgan fingerprint density at radius 2 is 2.00 bits per heavy atom. The summed E-state index contributed by atoms with van der Waals surface area (Å²) in [6, 6.07) is 8.28. The molecule has 7 nitrogen and oxygen atoms in total. The van der Waals surface area contributed by atoms with Crippen molar-refractivity contribution in [3.63, 3.8) is 0 Å². The third-order valence-corrected chi connectivity index (χ3v) is 5.99. The van der Waals surface area contributed by atoms with Crippen molar-refractivity contribution in [2.75, 3.05) is 20.3 Å². The van der Waals surface area contributed by atoms with E-state index in [1.54, 1.807) is 43.3 Å². The molecule has 0 aromatic heterocycles. The molecule has 32 heavy (non-hydrogen) atoms. The molecule has 0 radical (unpaired) electrons. The number of thioether (sulfide) groups is 1. The van der Waals surface area contributed by atoms with Gasteiger partial charge in [-0.1, -0.05) is 40.9 Å². The molecular weight excluding hydrogens is 499 g/mol. The zero-order valence-corrected chi connectivity index (χ0v) is 20.0. The number of hydrogen-bond donors (Lipinski definition) is 1. The molecule has 0 saturated carbocycles. The van der Waals surface area contributed by atoms with Gasteiger partial charge in [-0.15, -0.1) is 0 Å². The van der Waals surface area contributed by atoms with Crippen molar-refractivity contribution in [3.05, 3.63) is 55.9 Å². The maximum atomic E-state index is 12.4. The number of carbonyl (C=O) groups excluding carboxylic acids is 2. The molecule has 168 valence electrons. The molecule has 0 atom stereocenters. The second-order valence-electron chi connectivity index (χ2n) is 6.18. The molecule has 0 bridgehead atoms. The van der Waals surface area contributed by atoms with Crippen LogP contribution in [0.15, 0.2) is 40.2 Å². The fourth-order valence-corrected chi connectivity index (χ4v) is 4.06. The highest BCUT2D eigenvalue weighted by molar-refractivity contribution is 8.18. The van der Waals surface area contributed by atoms with Crippen LogP contribution >= 0.6 is 46.6 Å². The van der Waals surface area contributed by atoms with Crippen LogP contribution in [0.5, 0.6) is 11.5 Å². The number of aliphatic imine (C=N–C) groups is 1. The molecule has 1 saturated heterocycles. The number of methoxy groups -OCH3 is 1. The summed E-state index contributed by atoms with van der Waals surface area (Å²) in [5, 5.41) is 3.91. The van der Waals surface area contributed by atoms with Crippen LogP contribution in [0.2, 0.25) is 15.1 Å². The number of amidine groups is 1. The van der Waals surface area contributed by atoms with Gasteiger partial charge in [0.15, 0.2) is 23.3 Å². The van der Waals surface area contributed by atoms with E-state index in [1.165, 1.54) is 7.11 Å². The van der Waals surface area contributed by atoms with Crippen LogP contribution in [0.1, 0.15) is 12.5 Å². The van der Waals surface area contributed by atoms with E-state index in [4.69, 9.17) is 49.0 Å². The number of halogens is 3. The normalized spacial score (nSPS) is 15.7. The quantitative estimate of drug-likeness (QED) is 0.388. The lowest BCUT2D eigenvalue weighted by Gasteiger charge is -2.13. The summed E-state index contributed by atoms with van der Waals surface area (Å²) in [5.41, 5.74) is 1.03. The first-order valence-electron chi connectivity index (χ1n) is 9.22. The molecule has 1 aliphatic rings. The molecule has 0 aliphatic carbocycles. The van der Waals surface area contributed by atoms with Crippen molar-refractivity contribution in [1.82, 2.24) is 5.32 Å². The van der Waals surface area contributed by atoms with Crippen LogP contribution in [-0.4, -0.2) is 37.4 Å². The van der Waals surface area contributed by atoms with Crippen LogP contribution in [0.25, 0.3) is 6.08 Å². The Morgan fingerprint density at radius 1 is 1.22 bits per heavy atom. The summed E-state index contributed by atoms with van der Waals surface area (Å²) in [6.45, 7) is 1.63. The monoisotopic (exact) mass is 514 g/mol. The van der Waals surface area contributed by atoms with Gasteiger partial charge < -0.3 is 19.5 Å². The van der Waals surface area contributed by atoms with Crippen molar-refractivity contribution < 1.29 is 23.8 Å². The highest BCUT2D eigenvalue weighted by Gasteiger charge is 2.25. The van der Waals surface area contributed by atoms with Gasteiger partial charge in [-0.25, -0.2) is 9.79 Å². The minimum Gasteiger partial charge on any atom is -0.493 e. The molecule has 0 unspecified atom stereocenters. The van der Waals surface area contributed by atoms with Gasteiger partial charge in [-0.3, -0.25) is 4.79 Å². The largest absolute Gasteiger partial charge is 0.493 e. The van der Waals surface area contributed by atoms with E-state index >= 15 is 0 Å². The average molecular weight is 516 g/mol. The Labute approximate surface area is 203 Å². The SMILES string of the molecule is CCOC(=O)COc1c(Cl)cc(/C=C2/SC(=Nc3cccc(Cl)c3Cl)NC2=O)cc1OC. The fourth-order valence-electron chi connectivity index (χ4n) is 2.62. The Kier molecular flexibility index (Phi) is 8.31. The van der Waals surface area contributed by atoms with Crippen molar-refractivity contribution in [3.8, 4) is 11.5 Å². The van der Waals surface area contributed by atoms with E-state index in [-0.39, 0.29) is 29.9 Å². The zero-order chi connectivity index (χ0) is 23.3. The third kappa shape index (κ3) is 5.89. The predicted molar refractivity (Wildman–Crippen MR) is 127 cm³/mol. The topological polar surface area (TPSA) is 86.2 Å². The van der Waals surface area contributed by atoms with Gasteiger partial charge in [0.25, 0.3) is 5.91 Å². The molecule has 2 aromatic rings. The predicted octanol–water partition coefficient (Wildman–Crippen LogP) is 5.49. The maximum Gasteiger partial charge on any atom is 0.344 e. The molecule has 1 amide bonds. The Bertz CT molecular complexity index is 1120. The van der Waals surface area contributed by atoms with Gasteiger partial charge in [-0.05, 0) is 54.6 Å². The van der Waals surface area contributed by atoms with Gasteiger partial charge in [0, 0.05) is 0 Å². The number of carbonyl (C=O) groups is 2. The van der Waals surface area contributed by atoms with E-state index in [0.29, 0.717) is 37.1 Å². The number of amides is 1. The van der Waals surface area contributed by atoms with Gasteiger partial charge in [-0.2, -0.15) is 0 Å². The van der Waals surface area contributed by atoms with E-state index in [0.717, 1.165) is 11.8 Å². The van der Waals surface area contributed by atoms with Crippen LogP contribution < -0.4 is 14.8 Å². The van der Waals surface area contributed by atoms with Gasteiger partial charge in [0.05, 0.1) is 39.4 Å². The minimum atomic E-state index is -0.525. The Hall–Kier alpha value is -2.39. The summed E-state index contributed by atoms with van der Waals surface area (Å²) >= 11 is 19.6. The molecule has 1 fully saturated rings. The number of nitrogens with zero attached hydrogens (tertiary/aromatic N) is 1. The summed E-state index contributed by atoms with van der Waals surface area (Å²) in [7, 11) is 1.44. The molecule has 2 aromatic carbocycles. The first kappa shape index (κ1) is 24.3. The number of esters is 1. The van der Waals surface area contributed by atoms with Gasteiger partial charge in [0.1, 0.15) is 0 Å². The number of hydrogen-bond acceptors (Lipinski definition) is 7. The van der Waals surface area contributed by atoms with Gasteiger partial charge >= 0.3 is 5.97 Å². The third-order valence-electron chi connectivity index (χ3n) is 3.99. The van der Waals surface area contributed by atoms with Crippen molar-refractivity contribution in [2.45, 2.75) is 6.92 Å². The van der Waals surface area contributed by atoms with Crippen LogP contribution in [-0.2, 0) is 14.3 Å². The first-order chi connectivity index (χ1) is 15.3. The minimum absolute atomic E-state index is 0.200. The second-order valence-corrected chi connectivity index (χ2v) is 8.41. The molecule has 1 heterocycles. The molecule has 0 spiro atoms. The molecular formula is C21H17Cl3N2O5S. The lowest BCUT2D eigenvalue weighted by Crippen LogP contribution is -2.19. The molecule has 11 heteroatoms. The zero-order valence-electron chi connectivity index (χ0n) is 16.9. The molecule has 3 rings (SSSR count). The van der Waals surface area contributed by atoms with E-state index in [2.05, 4.69) is 10.3 Å². The highest BCUT2D eigenvalue weighted by Crippen LogP contribution is 2.39. The smallest absolute Gasteiger partial charge is 0.344 e. The van der Waals surface area contributed by atoms with E-state index in [9.17, 15) is 9.59 Å². The molecule has 1 aliphatic heterocycles. The van der Waals surface area contributed by atoms with Crippen molar-refractivity contribution in [1.29, 1.82) is 0 Å². The second kappa shape index (κ2) is 11.0. The lowest BCUT2D eigenvalue weighted by atomic mass is 10.2. The van der Waals surface area contributed by atoms with Crippen molar-refractivity contribution >= 4 is 75.4 Å². The summed E-state index contributed by atoms with van der Waals surface area (Å²) < 4.78 is 15.6. The number of ether oxygens (including phenoxy) is 3. The number of benzene rings is 2. The van der Waals surface area contributed by atoms with Crippen LogP contribution in [0.4, 0.5) is 5.69 Å². The highest BCUT2D eigenvalue weighted by atomic mass is 35.5. The van der Waals surface area contributed by atoms with E-state index in [1.807, 2.05) is 0 Å². The summed E-state index contributed by atoms with van der Waals surface area (Å²) in [4.78, 5) is 28.7. The number of nitrogens with one attached hydrogen (secondary N) is 1. The number of rotatable bonds is 7. The van der Waals surface area contributed by atoms with Crippen molar-refractivity contribution in [2.24, 2.45) is 4.99 Å². The average Bonchev–Trinajstić information content (AvgIpc) is 3.09. The van der Waals surface area contributed by atoms with E-state index < -0.39 is 5.97 Å². The Morgan fingerprint density at radius 3 is 2.72 bits per heavy atom. The van der Waals surface area contributed by atoms with Crippen LogP contribution in [0, 0.1) is 0 Å². The first-order valence-corrected chi connectivity index (χ1v) is 11.2. The lowest BCUT2D eigenvalue weighted by molar-refractivity contribution is -0.145. The summed E-state index contributed by atoms with van der Waals surface area (Å²) in [5.74, 6) is -0.352. The molecule has 1 N–H and O–H groups in total. The van der Waals surface area contributed by atoms with Gasteiger partial charge in [0.2, 0.25) is 0 Å². The summed E-state index contributed by atoms with van der Waals surface area (Å²) in [6.07, 6.45) is 1.63. The fraction of sp³-hybridized carbons (Fsp3) is 0.190.